The summed E-state index contributed by atoms with van der Waals surface area (Å²) in [7, 11) is 1.45. The number of amidine groups is 1. The van der Waals surface area contributed by atoms with Gasteiger partial charge < -0.3 is 25.4 Å². The summed E-state index contributed by atoms with van der Waals surface area (Å²) in [5.74, 6) is 0.0548. The van der Waals surface area contributed by atoms with Crippen LogP contribution in [0.4, 0.5) is 5.69 Å². The summed E-state index contributed by atoms with van der Waals surface area (Å²) in [6.07, 6.45) is 0. The second-order valence-electron chi connectivity index (χ2n) is 3.96. The van der Waals surface area contributed by atoms with Gasteiger partial charge in [0.15, 0.2) is 16.3 Å². The average molecular weight is 354 g/mol. The van der Waals surface area contributed by atoms with Crippen LogP contribution in [0.2, 0.25) is 0 Å². The van der Waals surface area contributed by atoms with Gasteiger partial charge in [0.25, 0.3) is 5.91 Å². The monoisotopic (exact) mass is 353 g/mol. The molecular formula is C13H12BrN3O4. The topological polar surface area (TPSA) is 110 Å². The molecule has 1 heterocycles. The number of nitrogens with two attached hydrogens (primary N) is 1. The van der Waals surface area contributed by atoms with Gasteiger partial charge in [-0.05, 0) is 46.3 Å². The lowest BCUT2D eigenvalue weighted by Gasteiger charge is -2.10. The molecule has 1 amide bonds. The van der Waals surface area contributed by atoms with E-state index in [0.717, 1.165) is 0 Å². The third kappa shape index (κ3) is 3.34. The van der Waals surface area contributed by atoms with Crippen LogP contribution in [0.25, 0.3) is 0 Å². The first kappa shape index (κ1) is 14.9. The zero-order valence-corrected chi connectivity index (χ0v) is 12.5. The average Bonchev–Trinajstić information content (AvgIpc) is 2.93. The van der Waals surface area contributed by atoms with E-state index in [1.165, 1.54) is 13.2 Å². The fourth-order valence-corrected chi connectivity index (χ4v) is 1.94. The number of anilines is 1. The first-order valence-corrected chi connectivity index (χ1v) is 6.57. The van der Waals surface area contributed by atoms with E-state index in [-0.39, 0.29) is 11.6 Å². The van der Waals surface area contributed by atoms with E-state index in [1.807, 2.05) is 0 Å². The van der Waals surface area contributed by atoms with Crippen LogP contribution in [0.3, 0.4) is 0 Å². The molecule has 0 atom stereocenters. The largest absolute Gasteiger partial charge is 0.495 e. The lowest BCUT2D eigenvalue weighted by Crippen LogP contribution is -2.15. The van der Waals surface area contributed by atoms with Crippen molar-refractivity contribution in [1.82, 2.24) is 0 Å². The Morgan fingerprint density at radius 2 is 2.19 bits per heavy atom. The highest BCUT2D eigenvalue weighted by Gasteiger charge is 2.14. The van der Waals surface area contributed by atoms with E-state index >= 15 is 0 Å². The van der Waals surface area contributed by atoms with Crippen molar-refractivity contribution >= 4 is 33.4 Å². The zero-order valence-electron chi connectivity index (χ0n) is 11.0. The fraction of sp³-hybridized carbons (Fsp3) is 0.0769. The van der Waals surface area contributed by atoms with Crippen molar-refractivity contribution < 1.29 is 19.2 Å². The number of ether oxygens (including phenoxy) is 1. The highest BCUT2D eigenvalue weighted by atomic mass is 79.9. The van der Waals surface area contributed by atoms with Crippen LogP contribution in [0, 0.1) is 0 Å². The molecule has 7 nitrogen and oxygen atoms in total. The summed E-state index contributed by atoms with van der Waals surface area (Å²) < 4.78 is 10.8. The van der Waals surface area contributed by atoms with Crippen molar-refractivity contribution in [2.75, 3.05) is 12.4 Å². The summed E-state index contributed by atoms with van der Waals surface area (Å²) in [5.41, 5.74) is 6.40. The van der Waals surface area contributed by atoms with Crippen LogP contribution < -0.4 is 15.8 Å². The molecule has 1 aromatic carbocycles. The number of nitrogens with one attached hydrogen (secondary N) is 1. The van der Waals surface area contributed by atoms with Crippen molar-refractivity contribution in [3.05, 3.63) is 46.3 Å². The Labute approximate surface area is 128 Å². The van der Waals surface area contributed by atoms with Crippen LogP contribution in [-0.4, -0.2) is 24.1 Å². The predicted octanol–water partition coefficient (Wildman–Crippen LogP) is 2.40. The molecule has 2 aromatic rings. The summed E-state index contributed by atoms with van der Waals surface area (Å²) in [4.78, 5) is 12.0. The van der Waals surface area contributed by atoms with Crippen molar-refractivity contribution in [3.8, 4) is 5.75 Å². The SMILES string of the molecule is COc1cc(/C(N)=N/O)ccc1NC(=O)c1ccc(Br)o1. The number of furan rings is 1. The Morgan fingerprint density at radius 3 is 2.76 bits per heavy atom. The molecule has 0 aliphatic carbocycles. The standard InChI is InChI=1S/C13H12BrN3O4/c1-20-10-6-7(12(15)17-19)2-3-8(10)16-13(18)9-4-5-11(14)21-9/h2-6,19H,1H3,(H2,15,17)(H,16,18). The molecule has 0 radical (unpaired) electrons. The molecule has 0 aliphatic rings. The smallest absolute Gasteiger partial charge is 0.291 e. The Hall–Kier alpha value is -2.48. The number of rotatable bonds is 4. The molecule has 0 fully saturated rings. The van der Waals surface area contributed by atoms with Gasteiger partial charge in [0, 0.05) is 5.56 Å². The number of hydrogen-bond acceptors (Lipinski definition) is 5. The molecule has 4 N–H and O–H groups in total. The number of halogens is 1. The van der Waals surface area contributed by atoms with Crippen molar-refractivity contribution in [3.63, 3.8) is 0 Å². The third-order valence-corrected chi connectivity index (χ3v) is 3.08. The molecule has 1 aromatic heterocycles. The Bertz CT molecular complexity index is 696. The molecule has 0 bridgehead atoms. The number of methoxy groups -OCH3 is 1. The van der Waals surface area contributed by atoms with Crippen molar-refractivity contribution in [2.24, 2.45) is 10.9 Å². The number of nitrogens with zero attached hydrogens (tertiary/aromatic N) is 1. The van der Waals surface area contributed by atoms with Crippen LogP contribution in [0.5, 0.6) is 5.75 Å². The molecule has 0 spiro atoms. The second-order valence-corrected chi connectivity index (χ2v) is 4.74. The van der Waals surface area contributed by atoms with Crippen LogP contribution in [0.15, 0.2) is 44.6 Å². The quantitative estimate of drug-likeness (QED) is 0.338. The maximum atomic E-state index is 12.0. The number of hydrogen-bond donors (Lipinski definition) is 3. The Morgan fingerprint density at radius 1 is 1.43 bits per heavy atom. The van der Waals surface area contributed by atoms with Gasteiger partial charge in [0.05, 0.1) is 12.8 Å². The fourth-order valence-electron chi connectivity index (χ4n) is 1.63. The molecule has 0 saturated carbocycles. The number of carbonyl (C=O) groups is 1. The second kappa shape index (κ2) is 6.31. The van der Waals surface area contributed by atoms with E-state index < -0.39 is 5.91 Å². The molecule has 21 heavy (non-hydrogen) atoms. The van der Waals surface area contributed by atoms with Gasteiger partial charge in [-0.3, -0.25) is 4.79 Å². The van der Waals surface area contributed by atoms with Crippen LogP contribution in [-0.2, 0) is 0 Å². The maximum Gasteiger partial charge on any atom is 0.291 e. The predicted molar refractivity (Wildman–Crippen MR) is 79.9 cm³/mol. The lowest BCUT2D eigenvalue weighted by molar-refractivity contribution is 0.0995. The Kier molecular flexibility index (Phi) is 4.49. The zero-order chi connectivity index (χ0) is 15.4. The number of benzene rings is 1. The van der Waals surface area contributed by atoms with Gasteiger partial charge in [-0.1, -0.05) is 5.16 Å². The molecule has 110 valence electrons. The van der Waals surface area contributed by atoms with E-state index in [4.69, 9.17) is 20.1 Å². The van der Waals surface area contributed by atoms with Crippen LogP contribution >= 0.6 is 15.9 Å². The number of amides is 1. The lowest BCUT2D eigenvalue weighted by atomic mass is 10.1. The van der Waals surface area contributed by atoms with Gasteiger partial charge in [-0.25, -0.2) is 0 Å². The minimum absolute atomic E-state index is 0.0545. The van der Waals surface area contributed by atoms with E-state index in [2.05, 4.69) is 26.4 Å². The van der Waals surface area contributed by atoms with Gasteiger partial charge >= 0.3 is 0 Å². The van der Waals surface area contributed by atoms with Gasteiger partial charge in [-0.15, -0.1) is 0 Å². The molecule has 0 aliphatic heterocycles. The van der Waals surface area contributed by atoms with Crippen molar-refractivity contribution in [1.29, 1.82) is 0 Å². The summed E-state index contributed by atoms with van der Waals surface area (Å²) in [6, 6.07) is 7.88. The highest BCUT2D eigenvalue weighted by Crippen LogP contribution is 2.26. The maximum absolute atomic E-state index is 12.0. The molecule has 0 unspecified atom stereocenters. The summed E-state index contributed by atoms with van der Waals surface area (Å²) >= 11 is 3.13. The molecular weight excluding hydrogens is 342 g/mol. The van der Waals surface area contributed by atoms with E-state index in [1.54, 1.807) is 24.3 Å². The Balaban J connectivity index is 2.26. The number of oxime groups is 1. The van der Waals surface area contributed by atoms with E-state index in [0.29, 0.717) is 21.7 Å². The molecule has 8 heteroatoms. The number of carbonyl (C=O) groups excluding carboxylic acids is 1. The summed E-state index contributed by atoms with van der Waals surface area (Å²) in [5, 5.41) is 14.2. The van der Waals surface area contributed by atoms with Gasteiger partial charge in [0.2, 0.25) is 0 Å². The van der Waals surface area contributed by atoms with Gasteiger partial charge in [0.1, 0.15) is 5.75 Å². The summed E-state index contributed by atoms with van der Waals surface area (Å²) in [6.45, 7) is 0. The van der Waals surface area contributed by atoms with Gasteiger partial charge in [-0.2, -0.15) is 0 Å². The van der Waals surface area contributed by atoms with E-state index in [9.17, 15) is 4.79 Å². The van der Waals surface area contributed by atoms with Crippen LogP contribution in [0.1, 0.15) is 16.1 Å². The molecule has 0 saturated heterocycles. The molecule has 2 rings (SSSR count). The minimum atomic E-state index is -0.421. The third-order valence-electron chi connectivity index (χ3n) is 2.65. The minimum Gasteiger partial charge on any atom is -0.495 e. The first-order chi connectivity index (χ1) is 10.0. The normalized spacial score (nSPS) is 11.2. The highest BCUT2D eigenvalue weighted by molar-refractivity contribution is 9.10. The first-order valence-electron chi connectivity index (χ1n) is 5.77. The van der Waals surface area contributed by atoms with Crippen molar-refractivity contribution in [2.45, 2.75) is 0 Å².